The third kappa shape index (κ3) is 4.25. The van der Waals surface area contributed by atoms with Gasteiger partial charge in [-0.05, 0) is 79.6 Å². The Kier molecular flexibility index (Phi) is 5.85. The van der Waals surface area contributed by atoms with E-state index in [1.54, 1.807) is 7.11 Å². The maximum Gasteiger partial charge on any atom is 0.232 e. The summed E-state index contributed by atoms with van der Waals surface area (Å²) in [7, 11) is 1.66. The van der Waals surface area contributed by atoms with Crippen LogP contribution in [0, 0.1) is 5.92 Å². The first-order valence-corrected chi connectivity index (χ1v) is 14.1. The minimum Gasteiger partial charge on any atom is -0.497 e. The van der Waals surface area contributed by atoms with Gasteiger partial charge < -0.3 is 15.0 Å². The Balaban J connectivity index is 1.08. The lowest BCUT2D eigenvalue weighted by atomic mass is 9.92. The zero-order valence-corrected chi connectivity index (χ0v) is 22.8. The number of carbonyl (C=O) groups excluding carboxylic acids is 1. The fourth-order valence-corrected chi connectivity index (χ4v) is 6.60. The molecule has 3 heterocycles. The van der Waals surface area contributed by atoms with Crippen LogP contribution in [0.3, 0.4) is 0 Å². The summed E-state index contributed by atoms with van der Waals surface area (Å²) in [5, 5.41) is 12.1. The maximum atomic E-state index is 12.9. The molecule has 3 aliphatic rings. The van der Waals surface area contributed by atoms with Gasteiger partial charge in [0.15, 0.2) is 0 Å². The molecule has 2 aliphatic heterocycles. The Labute approximate surface area is 229 Å². The first kappa shape index (κ1) is 24.2. The average Bonchev–Trinajstić information content (AvgIpc) is 3.51. The van der Waals surface area contributed by atoms with E-state index in [1.165, 1.54) is 11.3 Å². The number of anilines is 2. The average molecular weight is 522 g/mol. The second-order valence-electron chi connectivity index (χ2n) is 11.5. The van der Waals surface area contributed by atoms with E-state index in [0.717, 1.165) is 71.8 Å². The minimum atomic E-state index is -0.125. The first-order chi connectivity index (χ1) is 19.0. The Morgan fingerprint density at radius 1 is 0.974 bits per heavy atom. The van der Waals surface area contributed by atoms with E-state index in [4.69, 9.17) is 9.84 Å². The Hall–Kier alpha value is -3.84. The normalized spacial score (nSPS) is 22.8. The van der Waals surface area contributed by atoms with Gasteiger partial charge in [0.2, 0.25) is 5.91 Å². The van der Waals surface area contributed by atoms with Crippen molar-refractivity contribution in [1.29, 1.82) is 0 Å². The third-order valence-corrected chi connectivity index (χ3v) is 8.97. The van der Waals surface area contributed by atoms with Crippen molar-refractivity contribution in [3.8, 4) is 17.0 Å². The molecule has 0 bridgehead atoms. The van der Waals surface area contributed by atoms with E-state index in [1.807, 2.05) is 18.2 Å². The minimum absolute atomic E-state index is 0.0981. The van der Waals surface area contributed by atoms with Crippen LogP contribution in [0.5, 0.6) is 5.75 Å². The van der Waals surface area contributed by atoms with Crippen LogP contribution in [-0.4, -0.2) is 60.3 Å². The van der Waals surface area contributed by atoms with Gasteiger partial charge in [-0.25, -0.2) is 0 Å². The molecule has 7 heteroatoms. The number of H-pyrrole nitrogens is 1. The van der Waals surface area contributed by atoms with Crippen LogP contribution in [0.1, 0.15) is 43.2 Å². The maximum absolute atomic E-state index is 12.9. The number of amides is 1. The highest BCUT2D eigenvalue weighted by Crippen LogP contribution is 2.58. The van der Waals surface area contributed by atoms with Crippen molar-refractivity contribution in [2.75, 3.05) is 43.5 Å². The van der Waals surface area contributed by atoms with E-state index < -0.39 is 0 Å². The summed E-state index contributed by atoms with van der Waals surface area (Å²) in [6, 6.07) is 21.9. The number of benzene rings is 3. The van der Waals surface area contributed by atoms with Crippen molar-refractivity contribution in [3.63, 3.8) is 0 Å². The number of carbonyl (C=O) groups is 1. The predicted molar refractivity (Wildman–Crippen MR) is 156 cm³/mol. The van der Waals surface area contributed by atoms with Gasteiger partial charge in [0.25, 0.3) is 0 Å². The van der Waals surface area contributed by atoms with Crippen molar-refractivity contribution >= 4 is 28.2 Å². The number of hydrogen-bond donors (Lipinski definition) is 2. The number of ether oxygens (including phenoxy) is 1. The van der Waals surface area contributed by atoms with Crippen LogP contribution in [0.2, 0.25) is 0 Å². The van der Waals surface area contributed by atoms with Gasteiger partial charge in [-0.15, -0.1) is 0 Å². The molecule has 3 aromatic carbocycles. The summed E-state index contributed by atoms with van der Waals surface area (Å²) in [4.78, 5) is 17.9. The molecule has 39 heavy (non-hydrogen) atoms. The number of rotatable bonds is 6. The van der Waals surface area contributed by atoms with Crippen LogP contribution < -0.4 is 15.0 Å². The fraction of sp³-hybridized carbons (Fsp3) is 0.375. The van der Waals surface area contributed by atoms with Gasteiger partial charge in [0, 0.05) is 54.5 Å². The zero-order valence-electron chi connectivity index (χ0n) is 22.8. The third-order valence-electron chi connectivity index (χ3n) is 8.97. The summed E-state index contributed by atoms with van der Waals surface area (Å²) in [5.74, 6) is 1.43. The highest BCUT2D eigenvalue weighted by Gasteiger charge is 2.50. The zero-order chi connectivity index (χ0) is 26.7. The highest BCUT2D eigenvalue weighted by molar-refractivity contribution is 6.03. The SMILES string of the molecule is COc1ccc2c(c1)C(C1C[C@@H]1c1ccc3c(-c4ccc(N5CCN(C(C)C)CC5)cc4)n[nH]c3c1)C(=O)N2. The summed E-state index contributed by atoms with van der Waals surface area (Å²) >= 11 is 0. The van der Waals surface area contributed by atoms with Crippen molar-refractivity contribution < 1.29 is 9.53 Å². The number of hydrogen-bond acceptors (Lipinski definition) is 5. The molecule has 0 radical (unpaired) electrons. The predicted octanol–water partition coefficient (Wildman–Crippen LogP) is 5.61. The van der Waals surface area contributed by atoms with E-state index in [-0.39, 0.29) is 11.8 Å². The summed E-state index contributed by atoms with van der Waals surface area (Å²) in [6.45, 7) is 8.90. The molecular formula is C32H35N5O2. The van der Waals surface area contributed by atoms with Gasteiger partial charge >= 0.3 is 0 Å². The molecule has 3 atom stereocenters. The molecule has 2 unspecified atom stereocenters. The number of piperazine rings is 1. The number of methoxy groups -OCH3 is 1. The molecular weight excluding hydrogens is 486 g/mol. The number of nitrogens with one attached hydrogen (secondary N) is 2. The molecule has 1 saturated carbocycles. The first-order valence-electron chi connectivity index (χ1n) is 14.1. The molecule has 4 aromatic rings. The molecule has 1 amide bonds. The van der Waals surface area contributed by atoms with Crippen molar-refractivity contribution in [2.45, 2.75) is 38.1 Å². The molecule has 1 aliphatic carbocycles. The Bertz CT molecular complexity index is 1530. The van der Waals surface area contributed by atoms with E-state index in [0.29, 0.717) is 17.9 Å². The lowest BCUT2D eigenvalue weighted by Crippen LogP contribution is -2.48. The van der Waals surface area contributed by atoms with Gasteiger partial charge in [-0.2, -0.15) is 5.10 Å². The van der Waals surface area contributed by atoms with Crippen LogP contribution in [0.4, 0.5) is 11.4 Å². The molecule has 7 rings (SSSR count). The molecule has 7 nitrogen and oxygen atoms in total. The molecule has 200 valence electrons. The van der Waals surface area contributed by atoms with Gasteiger partial charge in [0.05, 0.1) is 24.2 Å². The number of fused-ring (bicyclic) bond motifs is 2. The summed E-state index contributed by atoms with van der Waals surface area (Å²) in [5.41, 5.74) is 7.66. The van der Waals surface area contributed by atoms with Crippen molar-refractivity contribution in [3.05, 3.63) is 71.8 Å². The quantitative estimate of drug-likeness (QED) is 0.345. The highest BCUT2D eigenvalue weighted by atomic mass is 16.5. The molecule has 2 N–H and O–H groups in total. The lowest BCUT2D eigenvalue weighted by molar-refractivity contribution is -0.117. The van der Waals surface area contributed by atoms with Crippen LogP contribution >= 0.6 is 0 Å². The standard InChI is InChI=1S/C32H35N5O2/c1-19(2)36-12-14-37(15-13-36)22-7-4-20(5-8-22)31-24-10-6-21(16-29(24)34-35-31)25-18-26(25)30-27-17-23(39-3)9-11-28(27)33-32(30)38/h4-11,16-17,19,25-26,30H,12-15,18H2,1-3H3,(H,33,38)(H,34,35)/t25-,26?,30?/m1/s1. The molecule has 2 fully saturated rings. The Morgan fingerprint density at radius 3 is 2.51 bits per heavy atom. The molecule has 1 saturated heterocycles. The van der Waals surface area contributed by atoms with Gasteiger partial charge in [-0.1, -0.05) is 24.3 Å². The fourth-order valence-electron chi connectivity index (χ4n) is 6.60. The lowest BCUT2D eigenvalue weighted by Gasteiger charge is -2.38. The van der Waals surface area contributed by atoms with Gasteiger partial charge in [-0.3, -0.25) is 14.8 Å². The van der Waals surface area contributed by atoms with Gasteiger partial charge in [0.1, 0.15) is 5.75 Å². The van der Waals surface area contributed by atoms with Crippen molar-refractivity contribution in [1.82, 2.24) is 15.1 Å². The van der Waals surface area contributed by atoms with E-state index in [9.17, 15) is 4.79 Å². The van der Waals surface area contributed by atoms with Crippen LogP contribution in [0.25, 0.3) is 22.2 Å². The Morgan fingerprint density at radius 2 is 1.77 bits per heavy atom. The second kappa shape index (κ2) is 9.42. The number of nitrogens with zero attached hydrogens (tertiary/aromatic N) is 3. The number of aromatic nitrogens is 2. The van der Waals surface area contributed by atoms with Crippen LogP contribution in [0.15, 0.2) is 60.7 Å². The van der Waals surface area contributed by atoms with Crippen molar-refractivity contribution in [2.24, 2.45) is 5.92 Å². The monoisotopic (exact) mass is 521 g/mol. The smallest absolute Gasteiger partial charge is 0.232 e. The molecule has 0 spiro atoms. The second-order valence-corrected chi connectivity index (χ2v) is 11.5. The topological polar surface area (TPSA) is 73.5 Å². The summed E-state index contributed by atoms with van der Waals surface area (Å²) < 4.78 is 5.42. The van der Waals surface area contributed by atoms with E-state index >= 15 is 0 Å². The summed E-state index contributed by atoms with van der Waals surface area (Å²) in [6.07, 6.45) is 1.01. The number of aromatic amines is 1. The van der Waals surface area contributed by atoms with E-state index in [2.05, 4.69) is 76.5 Å². The molecule has 1 aromatic heterocycles. The largest absolute Gasteiger partial charge is 0.497 e. The van der Waals surface area contributed by atoms with Crippen LogP contribution in [-0.2, 0) is 4.79 Å².